The van der Waals surface area contributed by atoms with E-state index in [0.717, 1.165) is 49.4 Å². The molecular weight excluding hydrogens is 420 g/mol. The van der Waals surface area contributed by atoms with E-state index in [9.17, 15) is 8.42 Å². The third kappa shape index (κ3) is 4.60. The van der Waals surface area contributed by atoms with Crippen LogP contribution in [0.2, 0.25) is 0 Å². The molecule has 8 unspecified atom stereocenters. The van der Waals surface area contributed by atoms with Crippen LogP contribution in [-0.2, 0) is 14.6 Å². The predicted octanol–water partition coefficient (Wildman–Crippen LogP) is 7.22. The Labute approximate surface area is 196 Å². The zero-order chi connectivity index (χ0) is 23.3. The highest BCUT2D eigenvalue weighted by Crippen LogP contribution is 2.67. The molecule has 3 saturated carbocycles. The SMILES string of the molecule is CC(C)CCCC(C)C1CCC2C3=CCC4CC(OS(=O)(=O)O)CCC4(C)C3CCC21C. The van der Waals surface area contributed by atoms with Crippen molar-refractivity contribution >= 4 is 10.4 Å². The van der Waals surface area contributed by atoms with Gasteiger partial charge >= 0.3 is 10.4 Å². The average Bonchev–Trinajstić information content (AvgIpc) is 3.04. The summed E-state index contributed by atoms with van der Waals surface area (Å²) in [5, 5.41) is 0. The van der Waals surface area contributed by atoms with E-state index in [1.54, 1.807) is 5.57 Å². The summed E-state index contributed by atoms with van der Waals surface area (Å²) in [5.41, 5.74) is 2.45. The van der Waals surface area contributed by atoms with Crippen molar-refractivity contribution in [2.45, 2.75) is 111 Å². The van der Waals surface area contributed by atoms with Crippen molar-refractivity contribution in [3.8, 4) is 0 Å². The van der Waals surface area contributed by atoms with Gasteiger partial charge in [0, 0.05) is 0 Å². The van der Waals surface area contributed by atoms with Crippen LogP contribution in [0.25, 0.3) is 0 Å². The Balaban J connectivity index is 1.47. The van der Waals surface area contributed by atoms with E-state index in [1.165, 1.54) is 44.9 Å². The molecule has 4 rings (SSSR count). The fourth-order valence-corrected chi connectivity index (χ4v) is 9.28. The lowest BCUT2D eigenvalue weighted by molar-refractivity contribution is -0.0373. The summed E-state index contributed by atoms with van der Waals surface area (Å²) in [4.78, 5) is 0. The van der Waals surface area contributed by atoms with Gasteiger partial charge in [0.1, 0.15) is 0 Å². The number of rotatable bonds is 7. The molecule has 4 aliphatic rings. The molecule has 1 N–H and O–H groups in total. The van der Waals surface area contributed by atoms with Gasteiger partial charge in [0.15, 0.2) is 0 Å². The topological polar surface area (TPSA) is 63.6 Å². The van der Waals surface area contributed by atoms with Gasteiger partial charge in [-0.25, -0.2) is 4.18 Å². The predicted molar refractivity (Wildman–Crippen MR) is 129 cm³/mol. The molecule has 5 heteroatoms. The van der Waals surface area contributed by atoms with Gasteiger partial charge in [0.05, 0.1) is 6.10 Å². The zero-order valence-corrected chi connectivity index (χ0v) is 21.8. The van der Waals surface area contributed by atoms with Crippen LogP contribution < -0.4 is 0 Å². The largest absolute Gasteiger partial charge is 0.397 e. The molecule has 32 heavy (non-hydrogen) atoms. The van der Waals surface area contributed by atoms with E-state index < -0.39 is 10.4 Å². The van der Waals surface area contributed by atoms with Crippen molar-refractivity contribution in [3.63, 3.8) is 0 Å². The van der Waals surface area contributed by atoms with E-state index in [4.69, 9.17) is 8.74 Å². The maximum atomic E-state index is 11.2. The number of allylic oxidation sites excluding steroid dienone is 2. The van der Waals surface area contributed by atoms with E-state index in [0.29, 0.717) is 17.3 Å². The van der Waals surface area contributed by atoms with Crippen molar-refractivity contribution in [2.24, 2.45) is 46.3 Å². The normalized spacial score (nSPS) is 42.7. The minimum Gasteiger partial charge on any atom is -0.264 e. The number of hydrogen-bond donors (Lipinski definition) is 1. The first-order valence-electron chi connectivity index (χ1n) is 13.3. The van der Waals surface area contributed by atoms with Gasteiger partial charge in [-0.3, -0.25) is 4.55 Å². The van der Waals surface area contributed by atoms with Gasteiger partial charge < -0.3 is 0 Å². The highest BCUT2D eigenvalue weighted by Gasteiger charge is 2.58. The molecule has 4 aliphatic carbocycles. The summed E-state index contributed by atoms with van der Waals surface area (Å²) in [6.45, 7) is 12.3. The van der Waals surface area contributed by atoms with E-state index in [2.05, 4.69) is 40.7 Å². The van der Waals surface area contributed by atoms with Gasteiger partial charge in [-0.05, 0) is 97.7 Å². The third-order valence-corrected chi connectivity index (χ3v) is 11.0. The fraction of sp³-hybridized carbons (Fsp3) is 0.926. The molecular formula is C27H46O4S. The van der Waals surface area contributed by atoms with Crippen molar-refractivity contribution in [1.82, 2.24) is 0 Å². The summed E-state index contributed by atoms with van der Waals surface area (Å²) in [7, 11) is -4.37. The standard InChI is InChI=1S/C27H46O4S/c1-18(2)7-6-8-19(3)23-11-12-24-22-10-9-20-17-21(31-32(28,29)30)13-15-26(20,4)25(22)14-16-27(23,24)5/h10,18-21,23-25H,6-9,11-17H2,1-5H3,(H,28,29,30). The summed E-state index contributed by atoms with van der Waals surface area (Å²) >= 11 is 0. The molecule has 0 heterocycles. The second kappa shape index (κ2) is 9.00. The molecule has 0 spiro atoms. The first-order chi connectivity index (χ1) is 14.9. The minimum atomic E-state index is -4.37. The van der Waals surface area contributed by atoms with Crippen LogP contribution in [0, 0.1) is 46.3 Å². The molecule has 0 saturated heterocycles. The lowest BCUT2D eigenvalue weighted by Crippen LogP contribution is -2.50. The monoisotopic (exact) mass is 466 g/mol. The van der Waals surface area contributed by atoms with Crippen LogP contribution >= 0.6 is 0 Å². The second-order valence-electron chi connectivity index (χ2n) is 12.7. The minimum absolute atomic E-state index is 0.242. The molecule has 0 bridgehead atoms. The van der Waals surface area contributed by atoms with Gasteiger partial charge in [-0.15, -0.1) is 0 Å². The summed E-state index contributed by atoms with van der Waals surface area (Å²) < 4.78 is 36.6. The van der Waals surface area contributed by atoms with Crippen molar-refractivity contribution in [1.29, 1.82) is 0 Å². The Morgan fingerprint density at radius 2 is 1.72 bits per heavy atom. The highest BCUT2D eigenvalue weighted by molar-refractivity contribution is 7.80. The first kappa shape index (κ1) is 24.7. The van der Waals surface area contributed by atoms with Crippen molar-refractivity contribution in [3.05, 3.63) is 11.6 Å². The molecule has 3 fully saturated rings. The number of hydrogen-bond acceptors (Lipinski definition) is 3. The maximum absolute atomic E-state index is 11.2. The van der Waals surface area contributed by atoms with Crippen LogP contribution in [0.4, 0.5) is 0 Å². The van der Waals surface area contributed by atoms with E-state index in [-0.39, 0.29) is 11.5 Å². The molecule has 0 amide bonds. The molecule has 184 valence electrons. The van der Waals surface area contributed by atoms with Crippen LogP contribution in [0.3, 0.4) is 0 Å². The average molecular weight is 467 g/mol. The molecule has 8 atom stereocenters. The second-order valence-corrected chi connectivity index (χ2v) is 13.7. The first-order valence-corrected chi connectivity index (χ1v) is 14.7. The zero-order valence-electron chi connectivity index (χ0n) is 21.0. The molecule has 4 nitrogen and oxygen atoms in total. The molecule has 0 aromatic rings. The number of fused-ring (bicyclic) bond motifs is 5. The third-order valence-electron chi connectivity index (χ3n) is 10.5. The smallest absolute Gasteiger partial charge is 0.264 e. The summed E-state index contributed by atoms with van der Waals surface area (Å²) in [6.07, 6.45) is 15.2. The quantitative estimate of drug-likeness (QED) is 0.318. The van der Waals surface area contributed by atoms with E-state index in [1.807, 2.05) is 0 Å². The van der Waals surface area contributed by atoms with Gasteiger partial charge in [-0.2, -0.15) is 8.42 Å². The van der Waals surface area contributed by atoms with Crippen LogP contribution in [0.15, 0.2) is 11.6 Å². The van der Waals surface area contributed by atoms with Crippen molar-refractivity contribution in [2.75, 3.05) is 0 Å². The molecule has 0 radical (unpaired) electrons. The summed E-state index contributed by atoms with van der Waals surface area (Å²) in [6, 6.07) is 0. The Bertz CT molecular complexity index is 818. The highest BCUT2D eigenvalue weighted by atomic mass is 32.3. The lowest BCUT2D eigenvalue weighted by Gasteiger charge is -2.58. The van der Waals surface area contributed by atoms with Crippen LogP contribution in [0.1, 0.15) is 105 Å². The van der Waals surface area contributed by atoms with Gasteiger partial charge in [0.25, 0.3) is 0 Å². The van der Waals surface area contributed by atoms with Crippen LogP contribution in [0.5, 0.6) is 0 Å². The Morgan fingerprint density at radius 1 is 1.03 bits per heavy atom. The molecule has 0 aliphatic heterocycles. The molecule has 0 aromatic heterocycles. The maximum Gasteiger partial charge on any atom is 0.397 e. The lowest BCUT2D eigenvalue weighted by atomic mass is 9.47. The van der Waals surface area contributed by atoms with Gasteiger partial charge in [-0.1, -0.05) is 65.5 Å². The summed E-state index contributed by atoms with van der Waals surface area (Å²) in [5.74, 6) is 4.31. The van der Waals surface area contributed by atoms with Gasteiger partial charge in [0.2, 0.25) is 0 Å². The molecule has 0 aromatic carbocycles. The van der Waals surface area contributed by atoms with Crippen LogP contribution in [-0.4, -0.2) is 19.1 Å². The fourth-order valence-electron chi connectivity index (χ4n) is 8.76. The van der Waals surface area contributed by atoms with E-state index >= 15 is 0 Å². The van der Waals surface area contributed by atoms with Crippen molar-refractivity contribution < 1.29 is 17.2 Å². The Morgan fingerprint density at radius 3 is 2.41 bits per heavy atom. The Kier molecular flexibility index (Phi) is 6.95. The Hall–Kier alpha value is -0.390.